The number of esters is 1. The van der Waals surface area contributed by atoms with E-state index in [1.54, 1.807) is 0 Å². The molecule has 340 valence electrons. The Balaban J connectivity index is 4.30. The highest BCUT2D eigenvalue weighted by atomic mass is 31.2. The lowest BCUT2D eigenvalue weighted by molar-refractivity contribution is -0.870. The zero-order valence-electron chi connectivity index (χ0n) is 38.4. The lowest BCUT2D eigenvalue weighted by Crippen LogP contribution is -2.37. The molecule has 0 heterocycles. The fraction of sp³-hybridized carbons (Fsp3) is 0.700. The lowest BCUT2D eigenvalue weighted by Gasteiger charge is -2.28. The van der Waals surface area contributed by atoms with E-state index in [0.29, 0.717) is 24.1 Å². The Morgan fingerprint density at radius 3 is 1.47 bits per heavy atom. The van der Waals surface area contributed by atoms with Gasteiger partial charge in [-0.05, 0) is 89.9 Å². The Hall–Kier alpha value is -2.32. The molecule has 0 aromatic rings. The maximum Gasteiger partial charge on any atom is 0.306 e. The van der Waals surface area contributed by atoms with Gasteiger partial charge in [-0.1, -0.05) is 157 Å². The standard InChI is InChI=1S/C50H88NO7P/c1-6-8-10-12-14-16-18-20-22-24-25-26-28-30-32-34-36-38-40-42-45-55-47-49(48-57-59(53,54)56-46-44-51(3,4)5)58-50(52)43-41-39-37-35-33-31-29-27-23-21-19-17-15-13-11-9-7-2/h8,10,14-17,20-23,25-26,30,32,49H,6-7,9,11-13,18-19,24,27-29,31,33-48H2,1-5H3/b10-8-,16-14-,17-15-,22-20-,23-21-,26-25-,32-30-. The molecule has 0 saturated heterocycles. The van der Waals surface area contributed by atoms with Crippen molar-refractivity contribution in [2.75, 3.05) is 54.1 Å². The third-order valence-electron chi connectivity index (χ3n) is 9.43. The molecule has 0 fully saturated rings. The van der Waals surface area contributed by atoms with E-state index in [2.05, 4.69) is 98.9 Å². The molecule has 0 aromatic heterocycles. The van der Waals surface area contributed by atoms with Crippen LogP contribution in [0, 0.1) is 0 Å². The van der Waals surface area contributed by atoms with E-state index in [0.717, 1.165) is 96.3 Å². The van der Waals surface area contributed by atoms with Crippen LogP contribution < -0.4 is 4.89 Å². The van der Waals surface area contributed by atoms with E-state index in [4.69, 9.17) is 18.5 Å². The summed E-state index contributed by atoms with van der Waals surface area (Å²) in [6, 6.07) is 0. The number of phosphoric ester groups is 1. The van der Waals surface area contributed by atoms with Crippen LogP contribution in [0.25, 0.3) is 0 Å². The van der Waals surface area contributed by atoms with Crippen LogP contribution in [0.3, 0.4) is 0 Å². The van der Waals surface area contributed by atoms with E-state index < -0.39 is 13.9 Å². The summed E-state index contributed by atoms with van der Waals surface area (Å²) in [7, 11) is 1.32. The number of phosphoric acid groups is 1. The van der Waals surface area contributed by atoms with Gasteiger partial charge >= 0.3 is 5.97 Å². The average Bonchev–Trinajstić information content (AvgIpc) is 3.19. The zero-order chi connectivity index (χ0) is 43.4. The first-order valence-corrected chi connectivity index (χ1v) is 24.8. The van der Waals surface area contributed by atoms with Crippen molar-refractivity contribution in [3.63, 3.8) is 0 Å². The van der Waals surface area contributed by atoms with Crippen molar-refractivity contribution >= 4 is 13.8 Å². The number of carbonyl (C=O) groups excluding carboxylic acids is 1. The number of hydrogen-bond acceptors (Lipinski definition) is 7. The molecule has 59 heavy (non-hydrogen) atoms. The maximum atomic E-state index is 12.7. The molecule has 2 atom stereocenters. The molecule has 0 N–H and O–H groups in total. The number of carbonyl (C=O) groups is 1. The van der Waals surface area contributed by atoms with E-state index in [-0.39, 0.29) is 25.8 Å². The summed E-state index contributed by atoms with van der Waals surface area (Å²) in [5, 5.41) is 0. The van der Waals surface area contributed by atoms with Crippen LogP contribution in [0.15, 0.2) is 85.1 Å². The van der Waals surface area contributed by atoms with Gasteiger partial charge in [0.15, 0.2) is 0 Å². The zero-order valence-corrected chi connectivity index (χ0v) is 39.3. The van der Waals surface area contributed by atoms with Crippen LogP contribution in [0.4, 0.5) is 0 Å². The van der Waals surface area contributed by atoms with Crippen molar-refractivity contribution in [1.29, 1.82) is 0 Å². The van der Waals surface area contributed by atoms with Crippen LogP contribution in [-0.4, -0.2) is 70.7 Å². The predicted octanol–water partition coefficient (Wildman–Crippen LogP) is 13.4. The number of unbranched alkanes of at least 4 members (excludes halogenated alkanes) is 14. The van der Waals surface area contributed by atoms with Gasteiger partial charge in [-0.15, -0.1) is 0 Å². The van der Waals surface area contributed by atoms with E-state index in [9.17, 15) is 14.3 Å². The summed E-state index contributed by atoms with van der Waals surface area (Å²) in [4.78, 5) is 25.1. The summed E-state index contributed by atoms with van der Waals surface area (Å²) in [6.07, 6.45) is 55.9. The number of allylic oxidation sites excluding steroid dienone is 14. The van der Waals surface area contributed by atoms with Crippen molar-refractivity contribution in [2.24, 2.45) is 0 Å². The van der Waals surface area contributed by atoms with E-state index >= 15 is 0 Å². The molecule has 0 aliphatic carbocycles. The van der Waals surface area contributed by atoms with Crippen LogP contribution in [0.2, 0.25) is 0 Å². The minimum atomic E-state index is -4.54. The number of nitrogens with zero attached hydrogens (tertiary/aromatic N) is 1. The van der Waals surface area contributed by atoms with Gasteiger partial charge < -0.3 is 27.9 Å². The third-order valence-corrected chi connectivity index (χ3v) is 10.4. The average molecular weight is 846 g/mol. The lowest BCUT2D eigenvalue weighted by atomic mass is 10.1. The predicted molar refractivity (Wildman–Crippen MR) is 249 cm³/mol. The monoisotopic (exact) mass is 846 g/mol. The smallest absolute Gasteiger partial charge is 0.306 e. The molecule has 2 unspecified atom stereocenters. The largest absolute Gasteiger partial charge is 0.756 e. The molecule has 0 aliphatic rings. The topological polar surface area (TPSA) is 94.1 Å². The van der Waals surface area contributed by atoms with Gasteiger partial charge in [-0.25, -0.2) is 0 Å². The summed E-state index contributed by atoms with van der Waals surface area (Å²) in [5.74, 6) is -0.355. The molecule has 9 heteroatoms. The molecule has 0 aromatic carbocycles. The summed E-state index contributed by atoms with van der Waals surface area (Å²) < 4.78 is 34.6. The second-order valence-corrected chi connectivity index (χ2v) is 17.8. The Labute approximate surface area is 363 Å². The van der Waals surface area contributed by atoms with Gasteiger partial charge in [0.1, 0.15) is 19.3 Å². The van der Waals surface area contributed by atoms with Crippen molar-refractivity contribution in [3.8, 4) is 0 Å². The Bertz CT molecular complexity index is 1210. The van der Waals surface area contributed by atoms with Crippen LogP contribution in [0.5, 0.6) is 0 Å². The highest BCUT2D eigenvalue weighted by Gasteiger charge is 2.20. The summed E-state index contributed by atoms with van der Waals surface area (Å²) in [5.41, 5.74) is 0. The van der Waals surface area contributed by atoms with Crippen LogP contribution in [0.1, 0.15) is 168 Å². The minimum Gasteiger partial charge on any atom is -0.756 e. The molecule has 0 spiro atoms. The number of ether oxygens (including phenoxy) is 2. The fourth-order valence-corrected chi connectivity index (χ4v) is 6.57. The molecule has 0 rings (SSSR count). The van der Waals surface area contributed by atoms with Gasteiger partial charge in [0.05, 0.1) is 34.4 Å². The number of likely N-dealkylation sites (N-methyl/N-ethyl adjacent to an activating group) is 1. The molecular weight excluding hydrogens is 758 g/mol. The van der Waals surface area contributed by atoms with Gasteiger partial charge in [0.25, 0.3) is 7.82 Å². The molecule has 0 amide bonds. The highest BCUT2D eigenvalue weighted by Crippen LogP contribution is 2.38. The molecular formula is C50H88NO7P. The van der Waals surface area contributed by atoms with Crippen LogP contribution >= 0.6 is 7.82 Å². The van der Waals surface area contributed by atoms with Crippen molar-refractivity contribution in [2.45, 2.75) is 174 Å². The Morgan fingerprint density at radius 2 is 0.983 bits per heavy atom. The second kappa shape index (κ2) is 42.4. The summed E-state index contributed by atoms with van der Waals surface area (Å²) >= 11 is 0. The highest BCUT2D eigenvalue weighted by molar-refractivity contribution is 7.45. The molecule has 0 aliphatic heterocycles. The summed E-state index contributed by atoms with van der Waals surface area (Å²) in [6.45, 7) is 5.18. The molecule has 0 saturated carbocycles. The Morgan fingerprint density at radius 1 is 0.542 bits per heavy atom. The van der Waals surface area contributed by atoms with Crippen molar-refractivity contribution in [1.82, 2.24) is 0 Å². The first kappa shape index (κ1) is 56.7. The van der Waals surface area contributed by atoms with Crippen LogP contribution in [-0.2, 0) is 27.9 Å². The van der Waals surface area contributed by atoms with E-state index in [1.165, 1.54) is 51.4 Å². The number of hydrogen-bond donors (Lipinski definition) is 0. The third kappa shape index (κ3) is 46.6. The maximum absolute atomic E-state index is 12.7. The van der Waals surface area contributed by atoms with Gasteiger partial charge in [0, 0.05) is 13.0 Å². The van der Waals surface area contributed by atoms with Crippen molar-refractivity contribution < 1.29 is 37.3 Å². The molecule has 0 radical (unpaired) electrons. The van der Waals surface area contributed by atoms with Gasteiger partial charge in [-0.3, -0.25) is 9.36 Å². The fourth-order valence-electron chi connectivity index (χ4n) is 5.84. The Kier molecular flexibility index (Phi) is 40.7. The minimum absolute atomic E-state index is 0.0144. The SMILES string of the molecule is CC/C=C\C/C=C\C/C=C\C/C=C\C/C=C\CCCCCCOCC(COP(=O)([O-])OCC[N+](C)(C)C)OC(=O)CCCCCCCCC/C=C\C/C=C\CCCCC. The second-order valence-electron chi connectivity index (χ2n) is 16.4. The van der Waals surface area contributed by atoms with Gasteiger partial charge in [-0.2, -0.15) is 0 Å². The van der Waals surface area contributed by atoms with E-state index in [1.807, 2.05) is 21.1 Å². The number of quaternary nitrogens is 1. The first-order valence-electron chi connectivity index (χ1n) is 23.3. The van der Waals surface area contributed by atoms with Crippen molar-refractivity contribution in [3.05, 3.63) is 85.1 Å². The molecule has 0 bridgehead atoms. The number of rotatable bonds is 42. The quantitative estimate of drug-likeness (QED) is 0.0199. The molecule has 8 nitrogen and oxygen atoms in total. The normalized spacial score (nSPS) is 14.5. The van der Waals surface area contributed by atoms with Gasteiger partial charge in [0.2, 0.25) is 0 Å². The first-order chi connectivity index (χ1) is 28.6.